The maximum atomic E-state index is 11.8. The van der Waals surface area contributed by atoms with E-state index in [1.54, 1.807) is 38.1 Å². The Balaban J connectivity index is 2.42. The summed E-state index contributed by atoms with van der Waals surface area (Å²) in [6, 6.07) is 6.44. The molecule has 0 heterocycles. The fraction of sp³-hybridized carbons (Fsp3) is 0.500. The van der Waals surface area contributed by atoms with Crippen molar-refractivity contribution in [1.29, 1.82) is 0 Å². The van der Waals surface area contributed by atoms with Gasteiger partial charge in [-0.1, -0.05) is 13.3 Å². The van der Waals surface area contributed by atoms with Gasteiger partial charge in [0.2, 0.25) is 5.91 Å². The number of unbranched alkanes of at least 4 members (excludes halogenated alkanes) is 1. The van der Waals surface area contributed by atoms with Crippen molar-refractivity contribution in [2.75, 3.05) is 11.9 Å². The monoisotopic (exact) mass is 335 g/mol. The molecule has 0 saturated heterocycles. The number of carbonyl (C=O) groups is 3. The minimum absolute atomic E-state index is 0.0336. The van der Waals surface area contributed by atoms with Crippen LogP contribution in [-0.2, 0) is 19.1 Å². The highest BCUT2D eigenvalue weighted by Gasteiger charge is 2.11. The van der Waals surface area contributed by atoms with Gasteiger partial charge in [0, 0.05) is 12.1 Å². The molecule has 0 bridgehead atoms. The first-order chi connectivity index (χ1) is 11.4. The van der Waals surface area contributed by atoms with Crippen LogP contribution < -0.4 is 5.32 Å². The van der Waals surface area contributed by atoms with Crippen LogP contribution >= 0.6 is 0 Å². The molecule has 0 radical (unpaired) electrons. The van der Waals surface area contributed by atoms with Crippen molar-refractivity contribution in [3.8, 4) is 0 Å². The summed E-state index contributed by atoms with van der Waals surface area (Å²) in [5, 5.41) is 2.67. The number of benzene rings is 1. The second-order valence-corrected chi connectivity index (χ2v) is 5.65. The minimum atomic E-state index is -0.398. The number of ether oxygens (including phenoxy) is 2. The Labute approximate surface area is 142 Å². The molecular weight excluding hydrogens is 310 g/mol. The summed E-state index contributed by atoms with van der Waals surface area (Å²) in [6.07, 6.45) is 1.69. The van der Waals surface area contributed by atoms with Crippen LogP contribution in [0.2, 0.25) is 0 Å². The SMILES string of the molecule is CCCCOC(=O)c1ccc(NC(=O)CCC(=O)OC(C)C)cc1. The summed E-state index contributed by atoms with van der Waals surface area (Å²) in [6.45, 7) is 5.94. The average molecular weight is 335 g/mol. The van der Waals surface area contributed by atoms with Crippen molar-refractivity contribution in [3.05, 3.63) is 29.8 Å². The second kappa shape index (κ2) is 10.4. The topological polar surface area (TPSA) is 81.7 Å². The van der Waals surface area contributed by atoms with Gasteiger partial charge in [-0.05, 0) is 44.5 Å². The van der Waals surface area contributed by atoms with Gasteiger partial charge in [0.05, 0.1) is 24.7 Å². The summed E-state index contributed by atoms with van der Waals surface area (Å²) in [7, 11) is 0. The smallest absolute Gasteiger partial charge is 0.338 e. The minimum Gasteiger partial charge on any atom is -0.463 e. The van der Waals surface area contributed by atoms with Gasteiger partial charge in [-0.25, -0.2) is 4.79 Å². The van der Waals surface area contributed by atoms with Gasteiger partial charge < -0.3 is 14.8 Å². The van der Waals surface area contributed by atoms with Crippen LogP contribution in [0.4, 0.5) is 5.69 Å². The van der Waals surface area contributed by atoms with Crippen molar-refractivity contribution in [2.24, 2.45) is 0 Å². The standard InChI is InChI=1S/C18H25NO5/c1-4-5-12-23-18(22)14-6-8-15(9-7-14)19-16(20)10-11-17(21)24-13(2)3/h6-9,13H,4-5,10-12H2,1-3H3,(H,19,20). The van der Waals surface area contributed by atoms with Crippen LogP contribution in [0.3, 0.4) is 0 Å². The van der Waals surface area contributed by atoms with E-state index in [0.29, 0.717) is 17.9 Å². The number of anilines is 1. The number of rotatable bonds is 9. The molecule has 0 fully saturated rings. The Hall–Kier alpha value is -2.37. The quantitative estimate of drug-likeness (QED) is 0.553. The largest absolute Gasteiger partial charge is 0.463 e. The van der Waals surface area contributed by atoms with Crippen LogP contribution in [0.5, 0.6) is 0 Å². The van der Waals surface area contributed by atoms with Crippen LogP contribution in [-0.4, -0.2) is 30.6 Å². The molecule has 1 rings (SSSR count). The highest BCUT2D eigenvalue weighted by atomic mass is 16.5. The second-order valence-electron chi connectivity index (χ2n) is 5.65. The van der Waals surface area contributed by atoms with Gasteiger partial charge >= 0.3 is 11.9 Å². The highest BCUT2D eigenvalue weighted by Crippen LogP contribution is 2.12. The number of amides is 1. The molecule has 0 spiro atoms. The van der Waals surface area contributed by atoms with E-state index in [1.807, 2.05) is 6.92 Å². The van der Waals surface area contributed by atoms with Crippen molar-refractivity contribution < 1.29 is 23.9 Å². The highest BCUT2D eigenvalue weighted by molar-refractivity contribution is 5.94. The lowest BCUT2D eigenvalue weighted by molar-refractivity contribution is -0.148. The lowest BCUT2D eigenvalue weighted by Gasteiger charge is -2.08. The van der Waals surface area contributed by atoms with Gasteiger partial charge in [-0.3, -0.25) is 9.59 Å². The molecule has 1 amide bonds. The fourth-order valence-corrected chi connectivity index (χ4v) is 1.84. The lowest BCUT2D eigenvalue weighted by atomic mass is 10.2. The third-order valence-electron chi connectivity index (χ3n) is 3.06. The average Bonchev–Trinajstić information content (AvgIpc) is 2.53. The number of hydrogen-bond donors (Lipinski definition) is 1. The third kappa shape index (κ3) is 7.76. The summed E-state index contributed by atoms with van der Waals surface area (Å²) in [5.41, 5.74) is 0.993. The van der Waals surface area contributed by atoms with E-state index in [1.165, 1.54) is 0 Å². The lowest BCUT2D eigenvalue weighted by Crippen LogP contribution is -2.16. The number of hydrogen-bond acceptors (Lipinski definition) is 5. The molecule has 0 aliphatic heterocycles. The molecule has 24 heavy (non-hydrogen) atoms. The normalized spacial score (nSPS) is 10.3. The molecule has 0 aromatic heterocycles. The Morgan fingerprint density at radius 1 is 1.08 bits per heavy atom. The maximum absolute atomic E-state index is 11.8. The summed E-state index contributed by atoms with van der Waals surface area (Å²) in [4.78, 5) is 34.9. The van der Waals surface area contributed by atoms with Gasteiger partial charge in [0.15, 0.2) is 0 Å². The Morgan fingerprint density at radius 3 is 2.33 bits per heavy atom. The Bertz CT molecular complexity index is 551. The summed E-state index contributed by atoms with van der Waals surface area (Å²) >= 11 is 0. The molecular formula is C18H25NO5. The molecule has 0 atom stereocenters. The Morgan fingerprint density at radius 2 is 1.75 bits per heavy atom. The molecule has 1 aromatic carbocycles. The maximum Gasteiger partial charge on any atom is 0.338 e. The van der Waals surface area contributed by atoms with Crippen molar-refractivity contribution in [1.82, 2.24) is 0 Å². The molecule has 0 saturated carbocycles. The first-order valence-electron chi connectivity index (χ1n) is 8.19. The summed E-state index contributed by atoms with van der Waals surface area (Å²) < 4.78 is 10.1. The predicted octanol–water partition coefficient (Wildman–Crippen LogP) is 3.31. The van der Waals surface area contributed by atoms with Crippen molar-refractivity contribution in [2.45, 2.75) is 52.6 Å². The zero-order chi connectivity index (χ0) is 17.9. The molecule has 1 aromatic rings. The predicted molar refractivity (Wildman–Crippen MR) is 90.7 cm³/mol. The first-order valence-corrected chi connectivity index (χ1v) is 8.19. The number of carbonyl (C=O) groups excluding carboxylic acids is 3. The van der Waals surface area contributed by atoms with Crippen LogP contribution in [0.1, 0.15) is 56.8 Å². The molecule has 1 N–H and O–H groups in total. The van der Waals surface area contributed by atoms with Crippen LogP contribution in [0, 0.1) is 0 Å². The molecule has 132 valence electrons. The van der Waals surface area contributed by atoms with Gasteiger partial charge in [0.25, 0.3) is 0 Å². The van der Waals surface area contributed by atoms with E-state index in [9.17, 15) is 14.4 Å². The van der Waals surface area contributed by atoms with Crippen molar-refractivity contribution >= 4 is 23.5 Å². The molecule has 6 heteroatoms. The van der Waals surface area contributed by atoms with Crippen molar-refractivity contribution in [3.63, 3.8) is 0 Å². The number of esters is 2. The fourth-order valence-electron chi connectivity index (χ4n) is 1.84. The van der Waals surface area contributed by atoms with E-state index < -0.39 is 5.97 Å². The van der Waals surface area contributed by atoms with E-state index in [0.717, 1.165) is 12.8 Å². The molecule has 6 nitrogen and oxygen atoms in total. The first kappa shape index (κ1) is 19.7. The molecule has 0 aliphatic rings. The van der Waals surface area contributed by atoms with E-state index in [4.69, 9.17) is 9.47 Å². The van der Waals surface area contributed by atoms with Crippen LogP contribution in [0.25, 0.3) is 0 Å². The molecule has 0 unspecified atom stereocenters. The van der Waals surface area contributed by atoms with Gasteiger partial charge in [-0.15, -0.1) is 0 Å². The zero-order valence-corrected chi connectivity index (χ0v) is 14.5. The van der Waals surface area contributed by atoms with E-state index in [2.05, 4.69) is 5.32 Å². The van der Waals surface area contributed by atoms with E-state index >= 15 is 0 Å². The van der Waals surface area contributed by atoms with Crippen LogP contribution in [0.15, 0.2) is 24.3 Å². The van der Waals surface area contributed by atoms with E-state index in [-0.39, 0.29) is 30.8 Å². The van der Waals surface area contributed by atoms with Gasteiger partial charge in [-0.2, -0.15) is 0 Å². The zero-order valence-electron chi connectivity index (χ0n) is 14.5. The number of nitrogens with one attached hydrogen (secondary N) is 1. The van der Waals surface area contributed by atoms with Gasteiger partial charge in [0.1, 0.15) is 0 Å². The summed E-state index contributed by atoms with van der Waals surface area (Å²) in [5.74, 6) is -1.06. The third-order valence-corrected chi connectivity index (χ3v) is 3.06. The Kier molecular flexibility index (Phi) is 8.54. The molecule has 0 aliphatic carbocycles.